The van der Waals surface area contributed by atoms with Gasteiger partial charge in [0.2, 0.25) is 5.91 Å². The lowest BCUT2D eigenvalue weighted by molar-refractivity contribution is -0.119. The Labute approximate surface area is 142 Å². The summed E-state index contributed by atoms with van der Waals surface area (Å²) in [5.41, 5.74) is 2.72. The van der Waals surface area contributed by atoms with E-state index in [4.69, 9.17) is 0 Å². The third-order valence-corrected chi connectivity index (χ3v) is 6.00. The van der Waals surface area contributed by atoms with Crippen LogP contribution in [0.25, 0.3) is 0 Å². The smallest absolute Gasteiger partial charge is 0.257 e. The fourth-order valence-corrected chi connectivity index (χ4v) is 4.74. The summed E-state index contributed by atoms with van der Waals surface area (Å²) in [6, 6.07) is 0.373. The Morgan fingerprint density at radius 3 is 2.96 bits per heavy atom. The molecule has 1 aromatic heterocycles. The third kappa shape index (κ3) is 2.43. The van der Waals surface area contributed by atoms with Crippen LogP contribution in [0.5, 0.6) is 0 Å². The van der Waals surface area contributed by atoms with Crippen molar-refractivity contribution in [3.05, 3.63) is 17.0 Å². The average Bonchev–Trinajstić information content (AvgIpc) is 3.07. The molecule has 4 heterocycles. The Hall–Kier alpha value is -1.85. The predicted octanol–water partition coefficient (Wildman–Crippen LogP) is 1.83. The number of carbonyl (C=O) groups excluding carboxylic acids is 2. The van der Waals surface area contributed by atoms with Crippen molar-refractivity contribution in [1.29, 1.82) is 0 Å². The molecule has 2 unspecified atom stereocenters. The van der Waals surface area contributed by atoms with Crippen molar-refractivity contribution < 1.29 is 9.59 Å². The van der Waals surface area contributed by atoms with Crippen LogP contribution < -0.4 is 5.32 Å². The molecule has 2 amide bonds. The molecular weight excluding hydrogens is 304 g/mol. The van der Waals surface area contributed by atoms with Crippen LogP contribution >= 0.6 is 0 Å². The molecule has 2 saturated heterocycles. The molecule has 130 valence electrons. The molecule has 4 rings (SSSR count). The van der Waals surface area contributed by atoms with Gasteiger partial charge in [0.15, 0.2) is 0 Å². The number of piperidine rings is 1. The van der Waals surface area contributed by atoms with Gasteiger partial charge in [0.05, 0.1) is 17.0 Å². The van der Waals surface area contributed by atoms with Crippen molar-refractivity contribution in [3.8, 4) is 0 Å². The van der Waals surface area contributed by atoms with Crippen LogP contribution in [0.4, 0.5) is 0 Å². The number of carbonyl (C=O) groups is 2. The second-order valence-electron chi connectivity index (χ2n) is 7.88. The standard InChI is InChI=1S/C18H26N4O2/c1-12-5-3-6-14-16(13(2)20-22(12)14)17(24)21-8-4-7-18(11-21)9-15(23)19-10-18/h12H,3-11H2,1-2H3,(H,19,23). The van der Waals surface area contributed by atoms with Crippen molar-refractivity contribution in [2.24, 2.45) is 5.41 Å². The Morgan fingerprint density at radius 1 is 1.38 bits per heavy atom. The second-order valence-corrected chi connectivity index (χ2v) is 7.88. The van der Waals surface area contributed by atoms with E-state index in [-0.39, 0.29) is 17.2 Å². The largest absolute Gasteiger partial charge is 0.355 e. The molecule has 2 fully saturated rings. The minimum absolute atomic E-state index is 0.0561. The molecule has 6 nitrogen and oxygen atoms in total. The third-order valence-electron chi connectivity index (χ3n) is 6.00. The van der Waals surface area contributed by atoms with Gasteiger partial charge in [0.25, 0.3) is 5.91 Å². The summed E-state index contributed by atoms with van der Waals surface area (Å²) in [7, 11) is 0. The molecule has 0 aromatic carbocycles. The van der Waals surface area contributed by atoms with E-state index in [1.807, 2.05) is 11.8 Å². The average molecular weight is 330 g/mol. The molecule has 1 N–H and O–H groups in total. The van der Waals surface area contributed by atoms with Crippen LogP contribution in [0.15, 0.2) is 0 Å². The first-order chi connectivity index (χ1) is 11.5. The molecule has 0 aliphatic carbocycles. The first-order valence-corrected chi connectivity index (χ1v) is 9.13. The Morgan fingerprint density at radius 2 is 2.21 bits per heavy atom. The quantitative estimate of drug-likeness (QED) is 0.854. The van der Waals surface area contributed by atoms with Crippen molar-refractivity contribution in [2.75, 3.05) is 19.6 Å². The van der Waals surface area contributed by atoms with Gasteiger partial charge in [-0.25, -0.2) is 0 Å². The van der Waals surface area contributed by atoms with Gasteiger partial charge < -0.3 is 10.2 Å². The Kier molecular flexibility index (Phi) is 3.66. The summed E-state index contributed by atoms with van der Waals surface area (Å²) in [5, 5.41) is 7.60. The van der Waals surface area contributed by atoms with Gasteiger partial charge in [-0.2, -0.15) is 5.10 Å². The number of aryl methyl sites for hydroxylation is 1. The molecule has 0 saturated carbocycles. The van der Waals surface area contributed by atoms with Crippen LogP contribution in [-0.2, 0) is 11.2 Å². The maximum atomic E-state index is 13.2. The highest BCUT2D eigenvalue weighted by atomic mass is 16.2. The fourth-order valence-electron chi connectivity index (χ4n) is 4.74. The zero-order valence-electron chi connectivity index (χ0n) is 14.6. The summed E-state index contributed by atoms with van der Waals surface area (Å²) < 4.78 is 2.06. The van der Waals surface area contributed by atoms with Crippen molar-refractivity contribution >= 4 is 11.8 Å². The van der Waals surface area contributed by atoms with Crippen molar-refractivity contribution in [3.63, 3.8) is 0 Å². The van der Waals surface area contributed by atoms with Gasteiger partial charge in [-0.1, -0.05) is 0 Å². The molecule has 6 heteroatoms. The van der Waals surface area contributed by atoms with Crippen molar-refractivity contribution in [2.45, 2.75) is 58.4 Å². The molecule has 1 aromatic rings. The highest BCUT2D eigenvalue weighted by Crippen LogP contribution is 2.37. The van der Waals surface area contributed by atoms with Crippen LogP contribution in [0.1, 0.15) is 66.8 Å². The predicted molar refractivity (Wildman–Crippen MR) is 89.8 cm³/mol. The maximum Gasteiger partial charge on any atom is 0.257 e. The summed E-state index contributed by atoms with van der Waals surface area (Å²) in [6.07, 6.45) is 5.73. The van der Waals surface area contributed by atoms with E-state index in [0.717, 1.165) is 55.6 Å². The molecular formula is C18H26N4O2. The number of likely N-dealkylation sites (tertiary alicyclic amines) is 1. The lowest BCUT2D eigenvalue weighted by Gasteiger charge is -2.39. The number of hydrogen-bond acceptors (Lipinski definition) is 3. The molecule has 0 bridgehead atoms. The van der Waals surface area contributed by atoms with Gasteiger partial charge in [-0.05, 0) is 46.0 Å². The van der Waals surface area contributed by atoms with E-state index < -0.39 is 0 Å². The first kappa shape index (κ1) is 15.7. The van der Waals surface area contributed by atoms with E-state index in [9.17, 15) is 9.59 Å². The zero-order valence-corrected chi connectivity index (χ0v) is 14.6. The van der Waals surface area contributed by atoms with Gasteiger partial charge in [-0.3, -0.25) is 14.3 Å². The molecule has 3 aliphatic heterocycles. The van der Waals surface area contributed by atoms with Gasteiger partial charge in [0, 0.05) is 37.5 Å². The Bertz CT molecular complexity index is 695. The fraction of sp³-hybridized carbons (Fsp3) is 0.722. The lowest BCUT2D eigenvalue weighted by Crippen LogP contribution is -2.47. The summed E-state index contributed by atoms with van der Waals surface area (Å²) in [4.78, 5) is 26.9. The number of aromatic nitrogens is 2. The van der Waals surface area contributed by atoms with Gasteiger partial charge in [-0.15, -0.1) is 0 Å². The van der Waals surface area contributed by atoms with E-state index in [0.29, 0.717) is 25.6 Å². The molecule has 0 radical (unpaired) electrons. The first-order valence-electron chi connectivity index (χ1n) is 9.13. The van der Waals surface area contributed by atoms with Crippen molar-refractivity contribution in [1.82, 2.24) is 20.0 Å². The second kappa shape index (κ2) is 5.60. The summed E-state index contributed by atoms with van der Waals surface area (Å²) in [5.74, 6) is 0.235. The van der Waals surface area contributed by atoms with Crippen LogP contribution in [0.3, 0.4) is 0 Å². The number of nitrogens with zero attached hydrogens (tertiary/aromatic N) is 3. The normalized spacial score (nSPS) is 29.7. The van der Waals surface area contributed by atoms with E-state index >= 15 is 0 Å². The number of nitrogens with one attached hydrogen (secondary N) is 1. The molecule has 1 spiro atoms. The highest BCUT2D eigenvalue weighted by molar-refractivity contribution is 5.96. The van der Waals surface area contributed by atoms with Crippen LogP contribution in [0, 0.1) is 12.3 Å². The van der Waals surface area contributed by atoms with Crippen LogP contribution in [-0.4, -0.2) is 46.1 Å². The number of amides is 2. The SMILES string of the molecule is Cc1nn2c(c1C(=O)N1CCCC3(CNC(=O)C3)C1)CCCC2C. The van der Waals surface area contributed by atoms with E-state index in [1.54, 1.807) is 0 Å². The number of hydrogen-bond donors (Lipinski definition) is 1. The monoisotopic (exact) mass is 330 g/mol. The number of fused-ring (bicyclic) bond motifs is 1. The molecule has 2 atom stereocenters. The Balaban J connectivity index is 1.61. The number of rotatable bonds is 1. The minimum Gasteiger partial charge on any atom is -0.355 e. The summed E-state index contributed by atoms with van der Waals surface area (Å²) in [6.45, 7) is 6.30. The maximum absolute atomic E-state index is 13.2. The topological polar surface area (TPSA) is 67.2 Å². The minimum atomic E-state index is -0.0561. The van der Waals surface area contributed by atoms with E-state index in [2.05, 4.69) is 22.0 Å². The molecule has 24 heavy (non-hydrogen) atoms. The van der Waals surface area contributed by atoms with Gasteiger partial charge >= 0.3 is 0 Å². The van der Waals surface area contributed by atoms with E-state index in [1.165, 1.54) is 0 Å². The highest BCUT2D eigenvalue weighted by Gasteiger charge is 2.43. The summed E-state index contributed by atoms with van der Waals surface area (Å²) >= 11 is 0. The zero-order chi connectivity index (χ0) is 16.9. The van der Waals surface area contributed by atoms with Gasteiger partial charge in [0.1, 0.15) is 0 Å². The lowest BCUT2D eigenvalue weighted by atomic mass is 9.79. The molecule has 3 aliphatic rings. The van der Waals surface area contributed by atoms with Crippen LogP contribution in [0.2, 0.25) is 0 Å².